The lowest BCUT2D eigenvalue weighted by molar-refractivity contribution is 0.589. The summed E-state index contributed by atoms with van der Waals surface area (Å²) in [5, 5.41) is 0.902. The van der Waals surface area contributed by atoms with Crippen molar-refractivity contribution in [2.45, 2.75) is 4.90 Å². The van der Waals surface area contributed by atoms with Crippen LogP contribution in [0.4, 0.5) is 0 Å². The first-order valence-electron chi connectivity index (χ1n) is 8.30. The van der Waals surface area contributed by atoms with Gasteiger partial charge >= 0.3 is 0 Å². The fraction of sp³-hybridized carbons (Fsp3) is 0. The molecule has 0 bridgehead atoms. The minimum atomic E-state index is -3.64. The van der Waals surface area contributed by atoms with Crippen molar-refractivity contribution in [3.05, 3.63) is 102 Å². The zero-order valence-corrected chi connectivity index (χ0v) is 14.8. The Bertz CT molecular complexity index is 1170. The van der Waals surface area contributed by atoms with E-state index in [0.717, 1.165) is 16.5 Å². The summed E-state index contributed by atoms with van der Waals surface area (Å²) in [7, 11) is -3.64. The van der Waals surface area contributed by atoms with E-state index in [1.807, 2.05) is 66.7 Å². The molecule has 26 heavy (non-hydrogen) atoms. The van der Waals surface area contributed by atoms with E-state index in [1.54, 1.807) is 36.5 Å². The van der Waals surface area contributed by atoms with Gasteiger partial charge < -0.3 is 0 Å². The summed E-state index contributed by atoms with van der Waals surface area (Å²) >= 11 is 0. The average molecular weight is 359 g/mol. The van der Waals surface area contributed by atoms with Gasteiger partial charge in [0, 0.05) is 17.1 Å². The predicted octanol–water partition coefficient (Wildman–Crippen LogP) is 5.05. The lowest BCUT2D eigenvalue weighted by Gasteiger charge is -2.07. The van der Waals surface area contributed by atoms with E-state index in [4.69, 9.17) is 0 Å². The molecule has 3 aromatic carbocycles. The molecule has 128 valence electrons. The Kier molecular flexibility index (Phi) is 4.19. The van der Waals surface area contributed by atoms with Gasteiger partial charge in [-0.15, -0.1) is 0 Å². The summed E-state index contributed by atoms with van der Waals surface area (Å²) < 4.78 is 27.5. The van der Waals surface area contributed by atoms with E-state index >= 15 is 0 Å². The van der Waals surface area contributed by atoms with Crippen molar-refractivity contribution in [2.75, 3.05) is 0 Å². The van der Waals surface area contributed by atoms with Crippen molar-refractivity contribution in [1.29, 1.82) is 0 Å². The number of para-hydroxylation sites is 1. The predicted molar refractivity (Wildman–Crippen MR) is 106 cm³/mol. The molecule has 0 aliphatic rings. The highest BCUT2D eigenvalue weighted by Crippen LogP contribution is 2.27. The number of hydrogen-bond acceptors (Lipinski definition) is 2. The molecular formula is C22H17NO2S. The number of hydrogen-bond donors (Lipinski definition) is 0. The van der Waals surface area contributed by atoms with Gasteiger partial charge in [0.1, 0.15) is 0 Å². The standard InChI is InChI=1S/C22H17NO2S/c24-26(25,20-11-5-2-6-12-20)23-17-19(21-13-7-8-14-22(21)23)16-15-18-9-3-1-4-10-18/h1-17H/b16-15+. The Morgan fingerprint density at radius 1 is 0.692 bits per heavy atom. The van der Waals surface area contributed by atoms with Gasteiger partial charge in [0.05, 0.1) is 10.4 Å². The molecule has 0 spiro atoms. The van der Waals surface area contributed by atoms with Crippen LogP contribution in [0.25, 0.3) is 23.1 Å². The summed E-state index contributed by atoms with van der Waals surface area (Å²) in [6.45, 7) is 0. The molecule has 0 aliphatic carbocycles. The summed E-state index contributed by atoms with van der Waals surface area (Å²) in [4.78, 5) is 0.277. The van der Waals surface area contributed by atoms with Crippen LogP contribution in [0.15, 0.2) is 96.0 Å². The Hall–Kier alpha value is -3.11. The minimum Gasteiger partial charge on any atom is -0.241 e. The van der Waals surface area contributed by atoms with Gasteiger partial charge in [0.15, 0.2) is 0 Å². The number of nitrogens with zero attached hydrogens (tertiary/aromatic N) is 1. The van der Waals surface area contributed by atoms with Crippen LogP contribution >= 0.6 is 0 Å². The number of benzene rings is 3. The smallest absolute Gasteiger partial charge is 0.241 e. The third kappa shape index (κ3) is 2.95. The molecule has 3 nitrogen and oxygen atoms in total. The zero-order valence-electron chi connectivity index (χ0n) is 14.0. The monoisotopic (exact) mass is 359 g/mol. The fourth-order valence-corrected chi connectivity index (χ4v) is 4.36. The highest BCUT2D eigenvalue weighted by molar-refractivity contribution is 7.90. The number of aromatic nitrogens is 1. The summed E-state index contributed by atoms with van der Waals surface area (Å²) in [6.07, 6.45) is 5.63. The minimum absolute atomic E-state index is 0.277. The lowest BCUT2D eigenvalue weighted by atomic mass is 10.1. The van der Waals surface area contributed by atoms with Crippen molar-refractivity contribution in [2.24, 2.45) is 0 Å². The van der Waals surface area contributed by atoms with E-state index in [2.05, 4.69) is 0 Å². The van der Waals surface area contributed by atoms with Crippen LogP contribution in [0.5, 0.6) is 0 Å². The largest absolute Gasteiger partial charge is 0.268 e. The average Bonchev–Trinajstić information content (AvgIpc) is 3.07. The topological polar surface area (TPSA) is 39.1 Å². The highest BCUT2D eigenvalue weighted by Gasteiger charge is 2.20. The molecule has 4 rings (SSSR count). The molecule has 0 unspecified atom stereocenters. The summed E-state index contributed by atoms with van der Waals surface area (Å²) in [5.41, 5.74) is 2.60. The molecular weight excluding hydrogens is 342 g/mol. The molecule has 0 radical (unpaired) electrons. The Labute approximate surface area is 152 Å². The van der Waals surface area contributed by atoms with Crippen LogP contribution in [0, 0.1) is 0 Å². The van der Waals surface area contributed by atoms with Crippen LogP contribution in [0.1, 0.15) is 11.1 Å². The van der Waals surface area contributed by atoms with Crippen molar-refractivity contribution in [3.63, 3.8) is 0 Å². The van der Waals surface area contributed by atoms with Crippen LogP contribution in [0.3, 0.4) is 0 Å². The van der Waals surface area contributed by atoms with Gasteiger partial charge in [0.2, 0.25) is 0 Å². The molecule has 1 heterocycles. The number of rotatable bonds is 4. The zero-order chi connectivity index (χ0) is 18.0. The number of fused-ring (bicyclic) bond motifs is 1. The normalized spacial score (nSPS) is 12.0. The molecule has 0 fully saturated rings. The van der Waals surface area contributed by atoms with E-state index in [0.29, 0.717) is 5.52 Å². The summed E-state index contributed by atoms with van der Waals surface area (Å²) in [5.74, 6) is 0. The lowest BCUT2D eigenvalue weighted by Crippen LogP contribution is -2.11. The fourth-order valence-electron chi connectivity index (χ4n) is 2.96. The van der Waals surface area contributed by atoms with Crippen molar-refractivity contribution in [1.82, 2.24) is 3.97 Å². The van der Waals surface area contributed by atoms with Gasteiger partial charge in [-0.25, -0.2) is 12.4 Å². The quantitative estimate of drug-likeness (QED) is 0.511. The van der Waals surface area contributed by atoms with Crippen LogP contribution in [-0.2, 0) is 10.0 Å². The first-order chi connectivity index (χ1) is 12.7. The maximum absolute atomic E-state index is 13.1. The second-order valence-electron chi connectivity index (χ2n) is 5.96. The maximum atomic E-state index is 13.1. The molecule has 0 N–H and O–H groups in total. The molecule has 4 aromatic rings. The van der Waals surface area contributed by atoms with Gasteiger partial charge in [-0.2, -0.15) is 0 Å². The molecule has 0 aliphatic heterocycles. The van der Waals surface area contributed by atoms with E-state index in [-0.39, 0.29) is 4.90 Å². The van der Waals surface area contributed by atoms with Crippen LogP contribution < -0.4 is 0 Å². The molecule has 0 saturated carbocycles. The molecule has 0 amide bonds. The van der Waals surface area contributed by atoms with Gasteiger partial charge in [-0.3, -0.25) is 0 Å². The second kappa shape index (κ2) is 6.65. The third-order valence-corrected chi connectivity index (χ3v) is 5.95. The third-order valence-electron chi connectivity index (χ3n) is 4.26. The molecule has 4 heteroatoms. The van der Waals surface area contributed by atoms with Crippen molar-refractivity contribution >= 4 is 33.1 Å². The van der Waals surface area contributed by atoms with Gasteiger partial charge in [-0.05, 0) is 23.8 Å². The Balaban J connectivity index is 1.86. The first kappa shape index (κ1) is 16.4. The molecule has 1 aromatic heterocycles. The molecule has 0 saturated heterocycles. The highest BCUT2D eigenvalue weighted by atomic mass is 32.2. The summed E-state index contributed by atoms with van der Waals surface area (Å²) in [6, 6.07) is 26.0. The molecule has 0 atom stereocenters. The Morgan fingerprint density at radius 2 is 1.31 bits per heavy atom. The maximum Gasteiger partial charge on any atom is 0.268 e. The Morgan fingerprint density at radius 3 is 2.04 bits per heavy atom. The van der Waals surface area contributed by atoms with Crippen LogP contribution in [0.2, 0.25) is 0 Å². The van der Waals surface area contributed by atoms with E-state index < -0.39 is 10.0 Å². The van der Waals surface area contributed by atoms with Crippen molar-refractivity contribution < 1.29 is 8.42 Å². The van der Waals surface area contributed by atoms with E-state index in [9.17, 15) is 8.42 Å². The SMILES string of the molecule is O=S(=O)(c1ccccc1)n1cc(/C=C/c2ccccc2)c2ccccc21. The van der Waals surface area contributed by atoms with Crippen LogP contribution in [-0.4, -0.2) is 12.4 Å². The van der Waals surface area contributed by atoms with Gasteiger partial charge in [0.25, 0.3) is 10.0 Å². The van der Waals surface area contributed by atoms with Crippen molar-refractivity contribution in [3.8, 4) is 0 Å². The van der Waals surface area contributed by atoms with E-state index in [1.165, 1.54) is 3.97 Å². The van der Waals surface area contributed by atoms with Gasteiger partial charge in [-0.1, -0.05) is 78.9 Å². The second-order valence-corrected chi connectivity index (χ2v) is 7.77. The first-order valence-corrected chi connectivity index (χ1v) is 9.74.